The lowest BCUT2D eigenvalue weighted by atomic mass is 10.3. The lowest BCUT2D eigenvalue weighted by molar-refractivity contribution is 0.482. The summed E-state index contributed by atoms with van der Waals surface area (Å²) in [5, 5.41) is 3.07. The maximum atomic E-state index is 5.80. The number of aromatic nitrogens is 1. The smallest absolute Gasteiger partial charge is 0.173 e. The minimum atomic E-state index is 0.648. The first-order valence-electron chi connectivity index (χ1n) is 5.46. The number of hydrogen-bond acceptors (Lipinski definition) is 3. The maximum absolute atomic E-state index is 5.80. The Morgan fingerprint density at radius 2 is 2.06 bits per heavy atom. The van der Waals surface area contributed by atoms with Crippen LogP contribution in [0.1, 0.15) is 6.92 Å². The van der Waals surface area contributed by atoms with Crippen molar-refractivity contribution in [1.29, 1.82) is 0 Å². The van der Waals surface area contributed by atoms with E-state index in [9.17, 15) is 0 Å². The highest BCUT2D eigenvalue weighted by molar-refractivity contribution is 9.10. The Morgan fingerprint density at radius 3 is 2.72 bits per heavy atom. The second-order valence-electron chi connectivity index (χ2n) is 3.82. The Morgan fingerprint density at radius 1 is 1.33 bits per heavy atom. The molecule has 0 bridgehead atoms. The van der Waals surface area contributed by atoms with Gasteiger partial charge in [-0.3, -0.25) is 0 Å². The summed E-state index contributed by atoms with van der Waals surface area (Å²) in [6.07, 6.45) is 1.71. The maximum Gasteiger partial charge on any atom is 0.173 e. The standard InChI is InChI=1S/C14H13BrN2O/c1-10(2)17-14-13(8-11(15)9-16-14)18-12-6-4-3-5-7-12/h3-9H,1H2,2H3,(H,16,17). The van der Waals surface area contributed by atoms with Crippen molar-refractivity contribution in [2.24, 2.45) is 0 Å². The Bertz CT molecular complexity index is 555. The molecular weight excluding hydrogens is 292 g/mol. The summed E-state index contributed by atoms with van der Waals surface area (Å²) in [5.74, 6) is 2.07. The second kappa shape index (κ2) is 5.69. The van der Waals surface area contributed by atoms with Crippen LogP contribution in [0.3, 0.4) is 0 Å². The Balaban J connectivity index is 2.30. The van der Waals surface area contributed by atoms with E-state index in [-0.39, 0.29) is 0 Å². The first-order valence-corrected chi connectivity index (χ1v) is 6.25. The number of hydrogen-bond donors (Lipinski definition) is 1. The number of para-hydroxylation sites is 1. The van der Waals surface area contributed by atoms with Crippen LogP contribution in [-0.2, 0) is 0 Å². The van der Waals surface area contributed by atoms with E-state index in [0.29, 0.717) is 11.6 Å². The van der Waals surface area contributed by atoms with E-state index in [1.807, 2.05) is 43.3 Å². The third-order valence-corrected chi connectivity index (χ3v) is 2.56. The number of pyridine rings is 1. The Kier molecular flexibility index (Phi) is 3.99. The first-order chi connectivity index (χ1) is 8.65. The molecule has 2 aromatic rings. The molecule has 0 aliphatic rings. The van der Waals surface area contributed by atoms with E-state index in [1.165, 1.54) is 0 Å². The van der Waals surface area contributed by atoms with Gasteiger partial charge in [0.1, 0.15) is 5.75 Å². The van der Waals surface area contributed by atoms with Crippen molar-refractivity contribution in [2.75, 3.05) is 5.32 Å². The fourth-order valence-corrected chi connectivity index (χ4v) is 1.72. The quantitative estimate of drug-likeness (QED) is 0.897. The Hall–Kier alpha value is -1.81. The van der Waals surface area contributed by atoms with Gasteiger partial charge in [-0.2, -0.15) is 0 Å². The lowest BCUT2D eigenvalue weighted by Crippen LogP contribution is -1.99. The molecule has 0 spiro atoms. The van der Waals surface area contributed by atoms with E-state index in [4.69, 9.17) is 4.74 Å². The minimum absolute atomic E-state index is 0.648. The van der Waals surface area contributed by atoms with Crippen molar-refractivity contribution >= 4 is 21.7 Å². The van der Waals surface area contributed by atoms with Gasteiger partial charge in [0.25, 0.3) is 0 Å². The summed E-state index contributed by atoms with van der Waals surface area (Å²) < 4.78 is 6.66. The van der Waals surface area contributed by atoms with Gasteiger partial charge in [0.15, 0.2) is 11.6 Å². The number of ether oxygens (including phenoxy) is 1. The van der Waals surface area contributed by atoms with Crippen LogP contribution >= 0.6 is 15.9 Å². The van der Waals surface area contributed by atoms with E-state index in [2.05, 4.69) is 32.8 Å². The number of halogens is 1. The van der Waals surface area contributed by atoms with Crippen molar-refractivity contribution in [3.8, 4) is 11.5 Å². The molecule has 0 radical (unpaired) electrons. The molecule has 92 valence electrons. The van der Waals surface area contributed by atoms with Crippen molar-refractivity contribution in [3.05, 3.63) is 59.3 Å². The van der Waals surface area contributed by atoms with Crippen molar-refractivity contribution in [1.82, 2.24) is 4.98 Å². The highest BCUT2D eigenvalue weighted by Gasteiger charge is 2.07. The molecule has 0 saturated heterocycles. The molecule has 4 heteroatoms. The van der Waals surface area contributed by atoms with Crippen LogP contribution in [0, 0.1) is 0 Å². The van der Waals surface area contributed by atoms with Crippen LogP contribution in [0.2, 0.25) is 0 Å². The molecule has 0 amide bonds. The predicted octanol–water partition coefficient (Wildman–Crippen LogP) is 4.58. The van der Waals surface area contributed by atoms with Crippen LogP contribution < -0.4 is 10.1 Å². The summed E-state index contributed by atoms with van der Waals surface area (Å²) >= 11 is 3.38. The zero-order valence-corrected chi connectivity index (χ0v) is 11.6. The van der Waals surface area contributed by atoms with Gasteiger partial charge < -0.3 is 10.1 Å². The molecule has 0 unspecified atom stereocenters. The summed E-state index contributed by atoms with van der Waals surface area (Å²) in [4.78, 5) is 4.27. The van der Waals surface area contributed by atoms with Gasteiger partial charge in [0, 0.05) is 22.4 Å². The normalized spacial score (nSPS) is 9.89. The highest BCUT2D eigenvalue weighted by Crippen LogP contribution is 2.30. The molecule has 18 heavy (non-hydrogen) atoms. The molecular formula is C14H13BrN2O. The zero-order valence-electron chi connectivity index (χ0n) is 9.98. The predicted molar refractivity (Wildman–Crippen MR) is 76.9 cm³/mol. The molecule has 0 aliphatic carbocycles. The Labute approximate surface area is 115 Å². The first kappa shape index (κ1) is 12.6. The van der Waals surface area contributed by atoms with Crippen molar-refractivity contribution in [3.63, 3.8) is 0 Å². The summed E-state index contributed by atoms with van der Waals surface area (Å²) in [6, 6.07) is 11.4. The molecule has 0 fully saturated rings. The molecule has 3 nitrogen and oxygen atoms in total. The van der Waals surface area contributed by atoms with Crippen molar-refractivity contribution in [2.45, 2.75) is 6.92 Å². The SMILES string of the molecule is C=C(C)Nc1ncc(Br)cc1Oc1ccccc1. The van der Waals surface area contributed by atoms with E-state index in [0.717, 1.165) is 15.9 Å². The van der Waals surface area contributed by atoms with Crippen LogP contribution in [0.25, 0.3) is 0 Å². The summed E-state index contributed by atoms with van der Waals surface area (Å²) in [5.41, 5.74) is 0.808. The van der Waals surface area contributed by atoms with Gasteiger partial charge in [-0.05, 0) is 35.0 Å². The molecule has 0 aliphatic heterocycles. The zero-order chi connectivity index (χ0) is 13.0. The number of allylic oxidation sites excluding steroid dienone is 1. The van der Waals surface area contributed by atoms with E-state index >= 15 is 0 Å². The third kappa shape index (κ3) is 3.34. The number of nitrogens with one attached hydrogen (secondary N) is 1. The van der Waals surface area contributed by atoms with Crippen LogP contribution in [0.4, 0.5) is 5.82 Å². The molecule has 0 saturated carbocycles. The van der Waals surface area contributed by atoms with Gasteiger partial charge in [-0.15, -0.1) is 0 Å². The number of rotatable bonds is 4. The van der Waals surface area contributed by atoms with Crippen LogP contribution in [0.15, 0.2) is 59.3 Å². The molecule has 2 rings (SSSR count). The number of benzene rings is 1. The monoisotopic (exact) mass is 304 g/mol. The van der Waals surface area contributed by atoms with Gasteiger partial charge in [0.05, 0.1) is 0 Å². The van der Waals surface area contributed by atoms with Gasteiger partial charge in [0.2, 0.25) is 0 Å². The second-order valence-corrected chi connectivity index (χ2v) is 4.74. The molecule has 1 aromatic carbocycles. The molecule has 0 atom stereocenters. The number of anilines is 1. The lowest BCUT2D eigenvalue weighted by Gasteiger charge is -2.12. The van der Waals surface area contributed by atoms with Crippen molar-refractivity contribution < 1.29 is 4.74 Å². The fourth-order valence-electron chi connectivity index (χ4n) is 1.41. The molecule has 1 N–H and O–H groups in total. The third-order valence-electron chi connectivity index (χ3n) is 2.12. The van der Waals surface area contributed by atoms with Gasteiger partial charge >= 0.3 is 0 Å². The van der Waals surface area contributed by atoms with E-state index < -0.39 is 0 Å². The summed E-state index contributed by atoms with van der Waals surface area (Å²) in [6.45, 7) is 5.67. The average Bonchev–Trinajstić information content (AvgIpc) is 2.33. The highest BCUT2D eigenvalue weighted by atomic mass is 79.9. The minimum Gasteiger partial charge on any atom is -0.453 e. The molecule has 1 heterocycles. The van der Waals surface area contributed by atoms with Crippen LogP contribution in [-0.4, -0.2) is 4.98 Å². The summed E-state index contributed by atoms with van der Waals surface area (Å²) in [7, 11) is 0. The number of nitrogens with zero attached hydrogens (tertiary/aromatic N) is 1. The van der Waals surface area contributed by atoms with Gasteiger partial charge in [-0.25, -0.2) is 4.98 Å². The van der Waals surface area contributed by atoms with Crippen LogP contribution in [0.5, 0.6) is 11.5 Å². The van der Waals surface area contributed by atoms with Gasteiger partial charge in [-0.1, -0.05) is 24.8 Å². The molecule has 1 aromatic heterocycles. The topological polar surface area (TPSA) is 34.2 Å². The average molecular weight is 305 g/mol. The fraction of sp³-hybridized carbons (Fsp3) is 0.0714. The van der Waals surface area contributed by atoms with E-state index in [1.54, 1.807) is 6.20 Å². The largest absolute Gasteiger partial charge is 0.453 e.